The van der Waals surface area contributed by atoms with Gasteiger partial charge in [0.25, 0.3) is 5.91 Å². The van der Waals surface area contributed by atoms with Gasteiger partial charge in [-0.15, -0.1) is 0 Å². The first-order valence-corrected chi connectivity index (χ1v) is 6.32. The van der Waals surface area contributed by atoms with E-state index in [9.17, 15) is 4.79 Å². The van der Waals surface area contributed by atoms with Gasteiger partial charge in [-0.25, -0.2) is 0 Å². The van der Waals surface area contributed by atoms with Gasteiger partial charge in [0.05, 0.1) is 24.3 Å². The van der Waals surface area contributed by atoms with Gasteiger partial charge in [-0.2, -0.15) is 4.98 Å². The summed E-state index contributed by atoms with van der Waals surface area (Å²) >= 11 is 0. The number of rotatable bonds is 4. The average molecular weight is 286 g/mol. The van der Waals surface area contributed by atoms with E-state index in [-0.39, 0.29) is 19.1 Å². The smallest absolute Gasteiger partial charge is 0.253 e. The molecule has 0 saturated heterocycles. The molecular formula is C14H14N4O3. The maximum Gasteiger partial charge on any atom is 0.253 e. The second kappa shape index (κ2) is 7.17. The van der Waals surface area contributed by atoms with E-state index in [1.807, 2.05) is 0 Å². The average Bonchev–Trinajstić information content (AvgIpc) is 2.91. The first-order chi connectivity index (χ1) is 10.2. The van der Waals surface area contributed by atoms with Gasteiger partial charge in [0, 0.05) is 25.7 Å². The van der Waals surface area contributed by atoms with Crippen molar-refractivity contribution in [2.24, 2.45) is 0 Å². The van der Waals surface area contributed by atoms with E-state index < -0.39 is 0 Å². The molecule has 2 N–H and O–H groups in total. The van der Waals surface area contributed by atoms with E-state index in [1.54, 1.807) is 13.0 Å². The molecule has 2 aromatic rings. The maximum absolute atomic E-state index is 12.1. The Morgan fingerprint density at radius 1 is 1.52 bits per heavy atom. The number of pyridine rings is 1. The van der Waals surface area contributed by atoms with E-state index in [1.165, 1.54) is 12.4 Å². The van der Waals surface area contributed by atoms with Crippen LogP contribution in [0.5, 0.6) is 0 Å². The van der Waals surface area contributed by atoms with Crippen molar-refractivity contribution in [3.05, 3.63) is 41.3 Å². The number of nitrogens with zero attached hydrogens (tertiary/aromatic N) is 3. The lowest BCUT2D eigenvalue weighted by molar-refractivity contribution is 0.0949. The molecule has 21 heavy (non-hydrogen) atoms. The Balaban J connectivity index is 2.07. The monoisotopic (exact) mass is 286 g/mol. The molecule has 0 aromatic carbocycles. The van der Waals surface area contributed by atoms with Crippen molar-refractivity contribution in [2.45, 2.75) is 19.9 Å². The molecule has 0 saturated carbocycles. The summed E-state index contributed by atoms with van der Waals surface area (Å²) in [6, 6.07) is 1.58. The summed E-state index contributed by atoms with van der Waals surface area (Å²) in [5.74, 6) is 6.13. The van der Waals surface area contributed by atoms with E-state index in [0.717, 1.165) is 0 Å². The van der Waals surface area contributed by atoms with Gasteiger partial charge in [0.15, 0.2) is 5.82 Å². The Bertz CT molecular complexity index is 685. The number of aryl methyl sites for hydroxylation is 1. The second-order valence-corrected chi connectivity index (χ2v) is 4.11. The van der Waals surface area contributed by atoms with Crippen molar-refractivity contribution in [3.8, 4) is 11.8 Å². The topological polar surface area (TPSA) is 101 Å². The summed E-state index contributed by atoms with van der Waals surface area (Å²) in [6.45, 7) is 1.82. The molecule has 2 rings (SSSR count). The first-order valence-electron chi connectivity index (χ1n) is 6.32. The molecule has 0 radical (unpaired) electrons. The molecule has 0 unspecified atom stereocenters. The standard InChI is InChI=1S/C14H14N4O3/c1-10-17-13(18-21-10)9-16-14(20)12-5-6-15-8-11(12)4-2-3-7-19/h5-6,8,19H,3,7,9H2,1H3,(H,16,20). The summed E-state index contributed by atoms with van der Waals surface area (Å²) in [5.41, 5.74) is 0.920. The minimum Gasteiger partial charge on any atom is -0.395 e. The zero-order valence-electron chi connectivity index (χ0n) is 11.5. The number of hydrogen-bond acceptors (Lipinski definition) is 6. The molecule has 0 aliphatic heterocycles. The lowest BCUT2D eigenvalue weighted by Gasteiger charge is -2.04. The molecule has 0 fully saturated rings. The number of nitrogens with one attached hydrogen (secondary N) is 1. The van der Waals surface area contributed by atoms with Gasteiger partial charge in [0.1, 0.15) is 0 Å². The zero-order valence-corrected chi connectivity index (χ0v) is 11.5. The molecule has 1 amide bonds. The van der Waals surface area contributed by atoms with Crippen molar-refractivity contribution in [1.29, 1.82) is 0 Å². The lowest BCUT2D eigenvalue weighted by Crippen LogP contribution is -2.24. The number of carbonyl (C=O) groups excluding carboxylic acids is 1. The van der Waals surface area contributed by atoms with Crippen LogP contribution in [0.4, 0.5) is 0 Å². The highest BCUT2D eigenvalue weighted by Gasteiger charge is 2.11. The molecule has 2 heterocycles. The summed E-state index contributed by atoms with van der Waals surface area (Å²) in [6.07, 6.45) is 3.38. The molecular weight excluding hydrogens is 272 g/mol. The third-order valence-corrected chi connectivity index (χ3v) is 2.50. The number of amides is 1. The molecule has 0 atom stereocenters. The van der Waals surface area contributed by atoms with Crippen LogP contribution in [0.1, 0.15) is 34.1 Å². The zero-order chi connectivity index (χ0) is 15.1. The minimum absolute atomic E-state index is 0.0219. The maximum atomic E-state index is 12.1. The van der Waals surface area contributed by atoms with Crippen LogP contribution in [0.15, 0.2) is 23.0 Å². The fourth-order valence-corrected chi connectivity index (χ4v) is 1.57. The first kappa shape index (κ1) is 14.7. The van der Waals surface area contributed by atoms with Crippen LogP contribution in [0.3, 0.4) is 0 Å². The number of aliphatic hydroxyl groups excluding tert-OH is 1. The molecule has 7 nitrogen and oxygen atoms in total. The van der Waals surface area contributed by atoms with Crippen molar-refractivity contribution < 1.29 is 14.4 Å². The highest BCUT2D eigenvalue weighted by Crippen LogP contribution is 2.06. The van der Waals surface area contributed by atoms with Crippen molar-refractivity contribution >= 4 is 5.91 Å². The van der Waals surface area contributed by atoms with Gasteiger partial charge < -0.3 is 14.9 Å². The Hall–Kier alpha value is -2.72. The van der Waals surface area contributed by atoms with Crippen LogP contribution in [-0.2, 0) is 6.54 Å². The molecule has 0 aliphatic rings. The van der Waals surface area contributed by atoms with Crippen LogP contribution in [0.25, 0.3) is 0 Å². The SMILES string of the molecule is Cc1nc(CNC(=O)c2ccncc2C#CCCO)no1. The lowest BCUT2D eigenvalue weighted by atomic mass is 10.1. The van der Waals surface area contributed by atoms with Crippen molar-refractivity contribution in [1.82, 2.24) is 20.4 Å². The third-order valence-electron chi connectivity index (χ3n) is 2.50. The molecule has 7 heteroatoms. The normalized spacial score (nSPS) is 9.81. The van der Waals surface area contributed by atoms with Crippen LogP contribution >= 0.6 is 0 Å². The quantitative estimate of drug-likeness (QED) is 0.791. The van der Waals surface area contributed by atoms with Gasteiger partial charge in [0.2, 0.25) is 5.89 Å². The van der Waals surface area contributed by atoms with Crippen molar-refractivity contribution in [2.75, 3.05) is 6.61 Å². The van der Waals surface area contributed by atoms with Gasteiger partial charge in [-0.05, 0) is 6.07 Å². The number of aliphatic hydroxyl groups is 1. The molecule has 0 bridgehead atoms. The summed E-state index contributed by atoms with van der Waals surface area (Å²) in [5, 5.41) is 15.1. The minimum atomic E-state index is -0.298. The Morgan fingerprint density at radius 3 is 3.10 bits per heavy atom. The Labute approximate surface area is 121 Å². The molecule has 108 valence electrons. The fraction of sp³-hybridized carbons (Fsp3) is 0.286. The second-order valence-electron chi connectivity index (χ2n) is 4.11. The van der Waals surface area contributed by atoms with Gasteiger partial charge in [-0.3, -0.25) is 9.78 Å². The van der Waals surface area contributed by atoms with E-state index >= 15 is 0 Å². The molecule has 2 aromatic heterocycles. The summed E-state index contributed by atoms with van der Waals surface area (Å²) in [7, 11) is 0. The third kappa shape index (κ3) is 4.12. The Kier molecular flexibility index (Phi) is 5.01. The number of carbonyl (C=O) groups is 1. The van der Waals surface area contributed by atoms with Crippen LogP contribution in [0.2, 0.25) is 0 Å². The number of hydrogen-bond donors (Lipinski definition) is 2. The van der Waals surface area contributed by atoms with E-state index in [4.69, 9.17) is 9.63 Å². The highest BCUT2D eigenvalue weighted by molar-refractivity contribution is 5.96. The molecule has 0 aliphatic carbocycles. The van der Waals surface area contributed by atoms with Crippen LogP contribution < -0.4 is 5.32 Å². The Morgan fingerprint density at radius 2 is 2.38 bits per heavy atom. The van der Waals surface area contributed by atoms with Crippen LogP contribution in [-0.4, -0.2) is 32.7 Å². The van der Waals surface area contributed by atoms with E-state index in [2.05, 4.69) is 32.3 Å². The predicted molar refractivity (Wildman–Crippen MR) is 73.0 cm³/mol. The van der Waals surface area contributed by atoms with Gasteiger partial charge in [-0.1, -0.05) is 17.0 Å². The van der Waals surface area contributed by atoms with Gasteiger partial charge >= 0.3 is 0 Å². The van der Waals surface area contributed by atoms with E-state index in [0.29, 0.717) is 29.3 Å². The summed E-state index contributed by atoms with van der Waals surface area (Å²) in [4.78, 5) is 20.1. The van der Waals surface area contributed by atoms with Crippen molar-refractivity contribution in [3.63, 3.8) is 0 Å². The predicted octanol–water partition coefficient (Wildman–Crippen LogP) is 0.437. The fourth-order valence-electron chi connectivity index (χ4n) is 1.57. The highest BCUT2D eigenvalue weighted by atomic mass is 16.5. The van der Waals surface area contributed by atoms with Crippen LogP contribution in [0, 0.1) is 18.8 Å². The summed E-state index contributed by atoms with van der Waals surface area (Å²) < 4.78 is 4.82. The number of aromatic nitrogens is 3. The molecule has 0 spiro atoms. The largest absolute Gasteiger partial charge is 0.395 e.